The van der Waals surface area contributed by atoms with E-state index in [2.05, 4.69) is 12.1 Å². The minimum atomic E-state index is 0.431. The molecule has 1 heterocycles. The predicted molar refractivity (Wildman–Crippen MR) is 67.6 cm³/mol. The van der Waals surface area contributed by atoms with Gasteiger partial charge in [-0.2, -0.15) is 0 Å². The Hall–Kier alpha value is -1.58. The smallest absolute Gasteiger partial charge is 0.134 e. The lowest BCUT2D eigenvalue weighted by atomic mass is 10.0. The van der Waals surface area contributed by atoms with Gasteiger partial charge >= 0.3 is 0 Å². The first kappa shape index (κ1) is 11.9. The van der Waals surface area contributed by atoms with E-state index in [1.165, 1.54) is 5.56 Å². The van der Waals surface area contributed by atoms with Gasteiger partial charge in [0.25, 0.3) is 0 Å². The number of furan rings is 1. The second-order valence-electron chi connectivity index (χ2n) is 3.87. The Balaban J connectivity index is 2.30. The maximum Gasteiger partial charge on any atom is 0.134 e. The molecule has 2 aromatic rings. The van der Waals surface area contributed by atoms with Crippen molar-refractivity contribution in [2.45, 2.75) is 13.0 Å². The highest BCUT2D eigenvalue weighted by Crippen LogP contribution is 2.26. The molecule has 2 N–H and O–H groups in total. The zero-order valence-corrected chi connectivity index (χ0v) is 9.98. The van der Waals surface area contributed by atoms with Gasteiger partial charge in [0, 0.05) is 12.7 Å². The Morgan fingerprint density at radius 1 is 1.18 bits per heavy atom. The summed E-state index contributed by atoms with van der Waals surface area (Å²) in [5, 5.41) is 0. The summed E-state index contributed by atoms with van der Waals surface area (Å²) in [6, 6.07) is 12.1. The van der Waals surface area contributed by atoms with Crippen molar-refractivity contribution < 1.29 is 9.15 Å². The molecule has 17 heavy (non-hydrogen) atoms. The zero-order chi connectivity index (χ0) is 12.1. The molecule has 0 amide bonds. The van der Waals surface area contributed by atoms with Crippen LogP contribution in [0.5, 0.6) is 0 Å². The molecular weight excluding hydrogens is 214 g/mol. The third-order valence-corrected chi connectivity index (χ3v) is 2.72. The van der Waals surface area contributed by atoms with Crippen LogP contribution in [0.25, 0.3) is 11.3 Å². The van der Waals surface area contributed by atoms with Crippen LogP contribution in [0.3, 0.4) is 0 Å². The van der Waals surface area contributed by atoms with E-state index < -0.39 is 0 Å². The zero-order valence-electron chi connectivity index (χ0n) is 9.98. The SMILES string of the molecule is COCCc1ccccc1-c1ccc(CN)o1. The van der Waals surface area contributed by atoms with Crippen LogP contribution in [0.15, 0.2) is 40.8 Å². The predicted octanol–water partition coefficient (Wildman–Crippen LogP) is 2.59. The van der Waals surface area contributed by atoms with Gasteiger partial charge in [0.05, 0.1) is 13.2 Å². The van der Waals surface area contributed by atoms with Crippen LogP contribution in [-0.2, 0) is 17.7 Å². The van der Waals surface area contributed by atoms with Crippen LogP contribution in [0, 0.1) is 0 Å². The summed E-state index contributed by atoms with van der Waals surface area (Å²) in [5.41, 5.74) is 7.89. The monoisotopic (exact) mass is 231 g/mol. The lowest BCUT2D eigenvalue weighted by molar-refractivity contribution is 0.202. The quantitative estimate of drug-likeness (QED) is 0.860. The topological polar surface area (TPSA) is 48.4 Å². The number of ether oxygens (including phenoxy) is 1. The van der Waals surface area contributed by atoms with Crippen molar-refractivity contribution >= 4 is 0 Å². The molecule has 0 bridgehead atoms. The van der Waals surface area contributed by atoms with Crippen LogP contribution >= 0.6 is 0 Å². The van der Waals surface area contributed by atoms with Gasteiger partial charge in [-0.05, 0) is 24.1 Å². The summed E-state index contributed by atoms with van der Waals surface area (Å²) >= 11 is 0. The van der Waals surface area contributed by atoms with Crippen molar-refractivity contribution in [3.8, 4) is 11.3 Å². The average Bonchev–Trinajstić information content (AvgIpc) is 2.85. The molecule has 0 aliphatic carbocycles. The summed E-state index contributed by atoms with van der Waals surface area (Å²) in [6.07, 6.45) is 0.880. The molecule has 2 rings (SSSR count). The molecule has 0 aliphatic rings. The van der Waals surface area contributed by atoms with Crippen molar-refractivity contribution in [2.75, 3.05) is 13.7 Å². The summed E-state index contributed by atoms with van der Waals surface area (Å²) in [6.45, 7) is 1.14. The van der Waals surface area contributed by atoms with Gasteiger partial charge in [0.2, 0.25) is 0 Å². The van der Waals surface area contributed by atoms with Crippen LogP contribution in [0.2, 0.25) is 0 Å². The van der Waals surface area contributed by atoms with Gasteiger partial charge in [-0.3, -0.25) is 0 Å². The summed E-state index contributed by atoms with van der Waals surface area (Å²) in [4.78, 5) is 0. The Morgan fingerprint density at radius 2 is 2.00 bits per heavy atom. The third kappa shape index (κ3) is 2.75. The van der Waals surface area contributed by atoms with Gasteiger partial charge in [-0.15, -0.1) is 0 Å². The molecule has 0 fully saturated rings. The van der Waals surface area contributed by atoms with E-state index >= 15 is 0 Å². The van der Waals surface area contributed by atoms with Crippen molar-refractivity contribution in [1.82, 2.24) is 0 Å². The van der Waals surface area contributed by atoms with Gasteiger partial charge in [0.15, 0.2) is 0 Å². The first-order valence-electron chi connectivity index (χ1n) is 5.71. The lowest BCUT2D eigenvalue weighted by Crippen LogP contribution is -1.96. The highest BCUT2D eigenvalue weighted by atomic mass is 16.5. The van der Waals surface area contributed by atoms with Crippen LogP contribution in [0.1, 0.15) is 11.3 Å². The van der Waals surface area contributed by atoms with E-state index in [4.69, 9.17) is 14.9 Å². The molecule has 1 aromatic carbocycles. The fourth-order valence-electron chi connectivity index (χ4n) is 1.82. The highest BCUT2D eigenvalue weighted by Gasteiger charge is 2.08. The number of benzene rings is 1. The maximum atomic E-state index is 5.67. The van der Waals surface area contributed by atoms with Crippen molar-refractivity contribution in [1.29, 1.82) is 0 Å². The molecule has 1 aromatic heterocycles. The normalized spacial score (nSPS) is 10.7. The van der Waals surface area contributed by atoms with E-state index in [9.17, 15) is 0 Å². The second kappa shape index (κ2) is 5.66. The number of methoxy groups -OCH3 is 1. The Kier molecular flexibility index (Phi) is 3.96. The van der Waals surface area contributed by atoms with Crippen molar-refractivity contribution in [3.63, 3.8) is 0 Å². The molecular formula is C14H17NO2. The minimum absolute atomic E-state index is 0.431. The van der Waals surface area contributed by atoms with Gasteiger partial charge < -0.3 is 14.9 Å². The molecule has 0 radical (unpaired) electrons. The molecule has 0 saturated heterocycles. The Bertz CT molecular complexity index is 477. The standard InChI is InChI=1S/C14H17NO2/c1-16-9-8-11-4-2-3-5-13(11)14-7-6-12(10-15)17-14/h2-7H,8-10,15H2,1H3. The Morgan fingerprint density at radius 3 is 2.71 bits per heavy atom. The third-order valence-electron chi connectivity index (χ3n) is 2.72. The molecule has 90 valence electrons. The lowest BCUT2D eigenvalue weighted by Gasteiger charge is -2.06. The molecule has 0 aliphatic heterocycles. The summed E-state index contributed by atoms with van der Waals surface area (Å²) in [5.74, 6) is 1.68. The fourth-order valence-corrected chi connectivity index (χ4v) is 1.82. The molecule has 3 heteroatoms. The molecule has 0 unspecified atom stereocenters. The van der Waals surface area contributed by atoms with Crippen molar-refractivity contribution in [2.24, 2.45) is 5.73 Å². The molecule has 3 nitrogen and oxygen atoms in total. The molecule has 0 atom stereocenters. The van der Waals surface area contributed by atoms with E-state index in [0.29, 0.717) is 13.2 Å². The summed E-state index contributed by atoms with van der Waals surface area (Å²) in [7, 11) is 1.71. The van der Waals surface area contributed by atoms with E-state index in [-0.39, 0.29) is 0 Å². The van der Waals surface area contributed by atoms with Crippen LogP contribution in [0.4, 0.5) is 0 Å². The number of hydrogen-bond donors (Lipinski definition) is 1. The average molecular weight is 231 g/mol. The summed E-state index contributed by atoms with van der Waals surface area (Å²) < 4.78 is 10.8. The maximum absolute atomic E-state index is 5.67. The van der Waals surface area contributed by atoms with Gasteiger partial charge in [-0.25, -0.2) is 0 Å². The second-order valence-corrected chi connectivity index (χ2v) is 3.87. The van der Waals surface area contributed by atoms with Crippen LogP contribution < -0.4 is 5.73 Å². The number of hydrogen-bond acceptors (Lipinski definition) is 3. The van der Waals surface area contributed by atoms with E-state index in [1.54, 1.807) is 7.11 Å². The number of nitrogens with two attached hydrogens (primary N) is 1. The minimum Gasteiger partial charge on any atom is -0.460 e. The Labute approximate surface area is 101 Å². The fraction of sp³-hybridized carbons (Fsp3) is 0.286. The highest BCUT2D eigenvalue weighted by molar-refractivity contribution is 5.62. The first-order chi connectivity index (χ1) is 8.35. The van der Waals surface area contributed by atoms with E-state index in [0.717, 1.165) is 23.5 Å². The largest absolute Gasteiger partial charge is 0.460 e. The van der Waals surface area contributed by atoms with E-state index in [1.807, 2.05) is 24.3 Å². The van der Waals surface area contributed by atoms with Gasteiger partial charge in [0.1, 0.15) is 11.5 Å². The first-order valence-corrected chi connectivity index (χ1v) is 5.71. The van der Waals surface area contributed by atoms with Crippen LogP contribution in [-0.4, -0.2) is 13.7 Å². The number of rotatable bonds is 5. The van der Waals surface area contributed by atoms with Gasteiger partial charge in [-0.1, -0.05) is 24.3 Å². The van der Waals surface area contributed by atoms with Crippen molar-refractivity contribution in [3.05, 3.63) is 47.7 Å². The molecule has 0 spiro atoms. The molecule has 0 saturated carbocycles.